The van der Waals surface area contributed by atoms with E-state index in [0.717, 1.165) is 0 Å². The number of nitrogens with one attached hydrogen (secondary N) is 1. The van der Waals surface area contributed by atoms with E-state index in [1.807, 2.05) is 0 Å². The number of esters is 2. The second kappa shape index (κ2) is 8.28. The van der Waals surface area contributed by atoms with E-state index < -0.39 is 16.5 Å². The number of anilines is 1. The summed E-state index contributed by atoms with van der Waals surface area (Å²) in [5.74, 6) is -0.913. The SMILES string of the molecule is COC(=O)c1ccc([N+](=O)[O-])c(NCCCC(=O)OC(C)(C)C)c1. The number of nitro benzene ring substituents is 1. The summed E-state index contributed by atoms with van der Waals surface area (Å²) in [7, 11) is 1.23. The van der Waals surface area contributed by atoms with Gasteiger partial charge in [0.15, 0.2) is 0 Å². The van der Waals surface area contributed by atoms with Gasteiger partial charge in [0.25, 0.3) is 5.69 Å². The number of nitro groups is 1. The van der Waals surface area contributed by atoms with E-state index >= 15 is 0 Å². The standard InChI is InChI=1S/C16H22N2O6/c1-16(2,3)24-14(19)6-5-9-17-12-10-11(15(20)23-4)7-8-13(12)18(21)22/h7-8,10,17H,5-6,9H2,1-4H3. The highest BCUT2D eigenvalue weighted by molar-refractivity contribution is 5.91. The monoisotopic (exact) mass is 338 g/mol. The molecule has 1 aromatic rings. The first kappa shape index (κ1) is 19.4. The fourth-order valence-electron chi connectivity index (χ4n) is 1.93. The van der Waals surface area contributed by atoms with Gasteiger partial charge in [-0.3, -0.25) is 14.9 Å². The average molecular weight is 338 g/mol. The number of hydrogen-bond donors (Lipinski definition) is 1. The molecule has 0 unspecified atom stereocenters. The molecule has 0 heterocycles. The third-order valence-electron chi connectivity index (χ3n) is 2.91. The highest BCUT2D eigenvalue weighted by Crippen LogP contribution is 2.26. The fourth-order valence-corrected chi connectivity index (χ4v) is 1.93. The van der Waals surface area contributed by atoms with Crippen molar-refractivity contribution in [1.82, 2.24) is 0 Å². The Morgan fingerprint density at radius 3 is 2.50 bits per heavy atom. The highest BCUT2D eigenvalue weighted by atomic mass is 16.6. The first-order valence-electron chi connectivity index (χ1n) is 7.46. The molecule has 0 aliphatic rings. The molecule has 0 aromatic heterocycles. The molecule has 1 rings (SSSR count). The summed E-state index contributed by atoms with van der Waals surface area (Å²) in [6, 6.07) is 3.93. The molecule has 1 aromatic carbocycles. The molecule has 0 aliphatic carbocycles. The van der Waals surface area contributed by atoms with Crippen molar-refractivity contribution in [3.63, 3.8) is 0 Å². The van der Waals surface area contributed by atoms with E-state index in [1.54, 1.807) is 20.8 Å². The number of rotatable bonds is 7. The van der Waals surface area contributed by atoms with Gasteiger partial charge in [0.1, 0.15) is 11.3 Å². The van der Waals surface area contributed by atoms with Gasteiger partial charge in [0, 0.05) is 19.0 Å². The lowest BCUT2D eigenvalue weighted by atomic mass is 10.1. The lowest BCUT2D eigenvalue weighted by Gasteiger charge is -2.19. The summed E-state index contributed by atoms with van der Waals surface area (Å²) >= 11 is 0. The molecule has 0 spiro atoms. The summed E-state index contributed by atoms with van der Waals surface area (Å²) in [6.45, 7) is 5.67. The fraction of sp³-hybridized carbons (Fsp3) is 0.500. The van der Waals surface area contributed by atoms with Gasteiger partial charge in [-0.05, 0) is 39.3 Å². The molecule has 8 nitrogen and oxygen atoms in total. The molecule has 8 heteroatoms. The van der Waals surface area contributed by atoms with Crippen LogP contribution in [0.25, 0.3) is 0 Å². The molecule has 0 amide bonds. The van der Waals surface area contributed by atoms with E-state index in [0.29, 0.717) is 13.0 Å². The number of carbonyl (C=O) groups excluding carboxylic acids is 2. The van der Waals surface area contributed by atoms with Crippen molar-refractivity contribution < 1.29 is 24.0 Å². The second-order valence-corrected chi connectivity index (χ2v) is 6.10. The predicted octanol–water partition coefficient (Wildman–Crippen LogP) is 2.92. The minimum atomic E-state index is -0.582. The number of hydrogen-bond acceptors (Lipinski definition) is 7. The van der Waals surface area contributed by atoms with Gasteiger partial charge < -0.3 is 14.8 Å². The summed E-state index contributed by atoms with van der Waals surface area (Å²) in [5.41, 5.74) is -0.289. The van der Waals surface area contributed by atoms with Crippen molar-refractivity contribution in [3.05, 3.63) is 33.9 Å². The molecule has 0 bridgehead atoms. The van der Waals surface area contributed by atoms with Crippen molar-refractivity contribution in [2.24, 2.45) is 0 Å². The van der Waals surface area contributed by atoms with Crippen LogP contribution < -0.4 is 5.32 Å². The van der Waals surface area contributed by atoms with Gasteiger partial charge in [-0.15, -0.1) is 0 Å². The lowest BCUT2D eigenvalue weighted by molar-refractivity contribution is -0.384. The smallest absolute Gasteiger partial charge is 0.337 e. The Kier molecular flexibility index (Phi) is 6.69. The molecule has 0 atom stereocenters. The molecular weight excluding hydrogens is 316 g/mol. The number of benzene rings is 1. The van der Waals surface area contributed by atoms with Crippen LogP contribution in [0.3, 0.4) is 0 Å². The van der Waals surface area contributed by atoms with E-state index in [9.17, 15) is 19.7 Å². The Balaban J connectivity index is 2.67. The van der Waals surface area contributed by atoms with Crippen LogP contribution in [0.1, 0.15) is 44.0 Å². The third-order valence-corrected chi connectivity index (χ3v) is 2.91. The lowest BCUT2D eigenvalue weighted by Crippen LogP contribution is -2.24. The summed E-state index contributed by atoms with van der Waals surface area (Å²) in [6.07, 6.45) is 0.628. The van der Waals surface area contributed by atoms with Gasteiger partial charge >= 0.3 is 11.9 Å². The number of ether oxygens (including phenoxy) is 2. The van der Waals surface area contributed by atoms with Crippen LogP contribution in [0, 0.1) is 10.1 Å². The summed E-state index contributed by atoms with van der Waals surface area (Å²) < 4.78 is 9.78. The Bertz CT molecular complexity index is 621. The molecule has 24 heavy (non-hydrogen) atoms. The van der Waals surface area contributed by atoms with E-state index in [2.05, 4.69) is 10.1 Å². The van der Waals surface area contributed by atoms with Crippen LogP contribution in [0.4, 0.5) is 11.4 Å². The van der Waals surface area contributed by atoms with Crippen molar-refractivity contribution in [1.29, 1.82) is 0 Å². The Hall–Kier alpha value is -2.64. The van der Waals surface area contributed by atoms with Crippen molar-refractivity contribution in [2.45, 2.75) is 39.2 Å². The van der Waals surface area contributed by atoms with Gasteiger partial charge in [-0.2, -0.15) is 0 Å². The van der Waals surface area contributed by atoms with Crippen LogP contribution in [0.5, 0.6) is 0 Å². The largest absolute Gasteiger partial charge is 0.465 e. The zero-order valence-corrected chi connectivity index (χ0v) is 14.3. The summed E-state index contributed by atoms with van der Waals surface area (Å²) in [5, 5.41) is 13.9. The maximum absolute atomic E-state index is 11.6. The number of methoxy groups -OCH3 is 1. The molecule has 0 aliphatic heterocycles. The van der Waals surface area contributed by atoms with Gasteiger partial charge in [-0.25, -0.2) is 4.79 Å². The van der Waals surface area contributed by atoms with Gasteiger partial charge in [0.2, 0.25) is 0 Å². The van der Waals surface area contributed by atoms with Crippen molar-refractivity contribution >= 4 is 23.3 Å². The molecule has 0 saturated heterocycles. The van der Waals surface area contributed by atoms with Crippen LogP contribution >= 0.6 is 0 Å². The first-order chi connectivity index (χ1) is 11.1. The molecule has 0 radical (unpaired) electrons. The Labute approximate surface area is 140 Å². The van der Waals surface area contributed by atoms with E-state index in [-0.39, 0.29) is 29.3 Å². The normalized spacial score (nSPS) is 10.8. The maximum Gasteiger partial charge on any atom is 0.337 e. The second-order valence-electron chi connectivity index (χ2n) is 6.10. The minimum Gasteiger partial charge on any atom is -0.465 e. The Morgan fingerprint density at radius 2 is 1.96 bits per heavy atom. The number of carbonyl (C=O) groups is 2. The zero-order valence-electron chi connectivity index (χ0n) is 14.3. The van der Waals surface area contributed by atoms with E-state index in [4.69, 9.17) is 4.74 Å². The van der Waals surface area contributed by atoms with Gasteiger partial charge in [0.05, 0.1) is 17.6 Å². The summed E-state index contributed by atoms with van der Waals surface area (Å²) in [4.78, 5) is 33.6. The zero-order chi connectivity index (χ0) is 18.3. The quantitative estimate of drug-likeness (QED) is 0.352. The van der Waals surface area contributed by atoms with Gasteiger partial charge in [-0.1, -0.05) is 0 Å². The van der Waals surface area contributed by atoms with Crippen LogP contribution in [0.2, 0.25) is 0 Å². The third kappa shape index (κ3) is 6.23. The van der Waals surface area contributed by atoms with Crippen LogP contribution in [-0.4, -0.2) is 36.1 Å². The molecule has 132 valence electrons. The molecule has 1 N–H and O–H groups in total. The first-order valence-corrected chi connectivity index (χ1v) is 7.46. The maximum atomic E-state index is 11.6. The average Bonchev–Trinajstić information content (AvgIpc) is 2.48. The molecule has 0 fully saturated rings. The molecule has 0 saturated carbocycles. The minimum absolute atomic E-state index is 0.153. The topological polar surface area (TPSA) is 108 Å². The van der Waals surface area contributed by atoms with Crippen LogP contribution in [-0.2, 0) is 14.3 Å². The Morgan fingerprint density at radius 1 is 1.29 bits per heavy atom. The highest BCUT2D eigenvalue weighted by Gasteiger charge is 2.18. The number of nitrogens with zero attached hydrogens (tertiary/aromatic N) is 1. The van der Waals surface area contributed by atoms with Crippen molar-refractivity contribution in [3.8, 4) is 0 Å². The van der Waals surface area contributed by atoms with E-state index in [1.165, 1.54) is 25.3 Å². The van der Waals surface area contributed by atoms with Crippen LogP contribution in [0.15, 0.2) is 18.2 Å². The predicted molar refractivity (Wildman–Crippen MR) is 88.0 cm³/mol. The molecular formula is C16H22N2O6. The van der Waals surface area contributed by atoms with Crippen molar-refractivity contribution in [2.75, 3.05) is 19.0 Å².